The van der Waals surface area contributed by atoms with E-state index >= 15 is 0 Å². The Hall–Kier alpha value is -0.770. The Bertz CT molecular complexity index is 588. The molecule has 96 valence electrons. The molecule has 1 fully saturated rings. The van der Waals surface area contributed by atoms with E-state index in [0.29, 0.717) is 15.6 Å². The van der Waals surface area contributed by atoms with E-state index < -0.39 is 0 Å². The summed E-state index contributed by atoms with van der Waals surface area (Å²) in [7, 11) is 0. The van der Waals surface area contributed by atoms with Crippen LogP contribution in [-0.4, -0.2) is 18.1 Å². The maximum absolute atomic E-state index is 6.14. The van der Waals surface area contributed by atoms with Crippen molar-refractivity contribution >= 4 is 34.3 Å². The third-order valence-electron chi connectivity index (χ3n) is 3.78. The van der Waals surface area contributed by atoms with Crippen molar-refractivity contribution in [3.63, 3.8) is 0 Å². The van der Waals surface area contributed by atoms with Gasteiger partial charge in [0.2, 0.25) is 5.89 Å². The minimum Gasteiger partial charge on any atom is -0.438 e. The van der Waals surface area contributed by atoms with Crippen LogP contribution in [0.1, 0.15) is 25.7 Å². The van der Waals surface area contributed by atoms with E-state index in [2.05, 4.69) is 17.2 Å². The summed E-state index contributed by atoms with van der Waals surface area (Å²) in [5.41, 5.74) is 1.37. The molecule has 1 N–H and O–H groups in total. The monoisotopic (exact) mass is 284 g/mol. The first-order chi connectivity index (χ1) is 8.64. The molecule has 5 heteroatoms. The first kappa shape index (κ1) is 12.3. The van der Waals surface area contributed by atoms with Gasteiger partial charge in [0, 0.05) is 11.6 Å². The van der Waals surface area contributed by atoms with Gasteiger partial charge in [0.15, 0.2) is 5.58 Å². The quantitative estimate of drug-likeness (QED) is 0.912. The number of halogens is 2. The first-order valence-corrected chi connectivity index (χ1v) is 6.87. The van der Waals surface area contributed by atoms with Gasteiger partial charge in [0.25, 0.3) is 0 Å². The van der Waals surface area contributed by atoms with Crippen molar-refractivity contribution in [2.75, 3.05) is 13.1 Å². The summed E-state index contributed by atoms with van der Waals surface area (Å²) in [6, 6.07) is 3.48. The smallest absolute Gasteiger partial charge is 0.203 e. The third-order valence-corrected chi connectivity index (χ3v) is 4.28. The number of fused-ring (bicyclic) bond motifs is 1. The van der Waals surface area contributed by atoms with Crippen LogP contribution >= 0.6 is 23.2 Å². The van der Waals surface area contributed by atoms with Crippen LogP contribution in [-0.2, 0) is 5.41 Å². The lowest BCUT2D eigenvalue weighted by Crippen LogP contribution is -2.28. The van der Waals surface area contributed by atoms with Crippen LogP contribution < -0.4 is 5.32 Å². The molecule has 1 aliphatic heterocycles. The Morgan fingerprint density at radius 1 is 1.44 bits per heavy atom. The number of hydrogen-bond acceptors (Lipinski definition) is 3. The minimum absolute atomic E-state index is 0.00513. The Morgan fingerprint density at radius 3 is 2.94 bits per heavy atom. The number of aromatic nitrogens is 1. The molecule has 2 aromatic rings. The van der Waals surface area contributed by atoms with Gasteiger partial charge in [-0.15, -0.1) is 0 Å². The third kappa shape index (κ3) is 1.81. The topological polar surface area (TPSA) is 38.1 Å². The summed E-state index contributed by atoms with van der Waals surface area (Å²) in [5.74, 6) is 0.772. The molecule has 1 unspecified atom stereocenters. The summed E-state index contributed by atoms with van der Waals surface area (Å²) in [6.07, 6.45) is 2.04. The molecule has 0 spiro atoms. The average molecular weight is 285 g/mol. The highest BCUT2D eigenvalue weighted by Crippen LogP contribution is 2.37. The lowest BCUT2D eigenvalue weighted by molar-refractivity contribution is 0.344. The fraction of sp³-hybridized carbons (Fsp3) is 0.462. The second-order valence-corrected chi connectivity index (χ2v) is 5.66. The van der Waals surface area contributed by atoms with E-state index in [0.717, 1.165) is 37.3 Å². The standard InChI is InChI=1S/C13H14Cl2N2O/c1-2-13(3-4-16-7-13)12-17-10-6-8(14)5-9(15)11(10)18-12/h5-6,16H,2-4,7H2,1H3. The minimum atomic E-state index is -0.00513. The van der Waals surface area contributed by atoms with Gasteiger partial charge < -0.3 is 9.73 Å². The molecule has 0 radical (unpaired) electrons. The number of nitrogens with one attached hydrogen (secondary N) is 1. The van der Waals surface area contributed by atoms with Gasteiger partial charge in [0.1, 0.15) is 5.52 Å². The summed E-state index contributed by atoms with van der Waals surface area (Å²) >= 11 is 12.1. The fourth-order valence-corrected chi connectivity index (χ4v) is 3.09. The van der Waals surface area contributed by atoms with Gasteiger partial charge >= 0.3 is 0 Å². The predicted octanol–water partition coefficient (Wildman–Crippen LogP) is 3.78. The Kier molecular flexibility index (Phi) is 3.00. The molecule has 0 saturated carbocycles. The van der Waals surface area contributed by atoms with E-state index in [-0.39, 0.29) is 5.41 Å². The van der Waals surface area contributed by atoms with Gasteiger partial charge in [-0.1, -0.05) is 30.1 Å². The van der Waals surface area contributed by atoms with E-state index in [1.54, 1.807) is 12.1 Å². The Morgan fingerprint density at radius 2 is 2.28 bits per heavy atom. The predicted molar refractivity (Wildman–Crippen MR) is 73.5 cm³/mol. The molecule has 2 heterocycles. The van der Waals surface area contributed by atoms with Gasteiger partial charge in [-0.25, -0.2) is 4.98 Å². The number of rotatable bonds is 2. The molecule has 3 nitrogen and oxygen atoms in total. The average Bonchev–Trinajstić information content (AvgIpc) is 2.94. The Labute approximate surface area is 115 Å². The molecule has 18 heavy (non-hydrogen) atoms. The van der Waals surface area contributed by atoms with E-state index in [1.807, 2.05) is 0 Å². The van der Waals surface area contributed by atoms with Crippen molar-refractivity contribution in [2.24, 2.45) is 0 Å². The summed E-state index contributed by atoms with van der Waals surface area (Å²) in [4.78, 5) is 4.58. The highest BCUT2D eigenvalue weighted by molar-refractivity contribution is 6.37. The molecule has 0 aliphatic carbocycles. The van der Waals surface area contributed by atoms with Crippen molar-refractivity contribution < 1.29 is 4.42 Å². The van der Waals surface area contributed by atoms with Crippen molar-refractivity contribution in [3.8, 4) is 0 Å². The maximum Gasteiger partial charge on any atom is 0.203 e. The van der Waals surface area contributed by atoms with Crippen LogP contribution in [0.3, 0.4) is 0 Å². The highest BCUT2D eigenvalue weighted by Gasteiger charge is 2.38. The Balaban J connectivity index is 2.16. The second-order valence-electron chi connectivity index (χ2n) is 4.82. The molecule has 1 aromatic carbocycles. The van der Waals surface area contributed by atoms with Gasteiger partial charge in [-0.2, -0.15) is 0 Å². The largest absolute Gasteiger partial charge is 0.438 e. The van der Waals surface area contributed by atoms with Crippen LogP contribution in [0.5, 0.6) is 0 Å². The van der Waals surface area contributed by atoms with Crippen LogP contribution in [0.15, 0.2) is 16.5 Å². The molecule has 1 atom stereocenters. The first-order valence-electron chi connectivity index (χ1n) is 6.11. The molecule has 1 saturated heterocycles. The van der Waals surface area contributed by atoms with Gasteiger partial charge in [-0.05, 0) is 31.5 Å². The highest BCUT2D eigenvalue weighted by atomic mass is 35.5. The fourth-order valence-electron chi connectivity index (χ4n) is 2.57. The zero-order chi connectivity index (χ0) is 12.8. The summed E-state index contributed by atoms with van der Waals surface area (Å²) < 4.78 is 5.89. The molecule has 0 amide bonds. The van der Waals surface area contributed by atoms with Crippen LogP contribution in [0, 0.1) is 0 Å². The molecule has 1 aromatic heterocycles. The van der Waals surface area contributed by atoms with Crippen molar-refractivity contribution in [1.29, 1.82) is 0 Å². The zero-order valence-corrected chi connectivity index (χ0v) is 11.6. The SMILES string of the molecule is CCC1(c2nc3cc(Cl)cc(Cl)c3o2)CCNC1. The van der Waals surface area contributed by atoms with Gasteiger partial charge in [0.05, 0.1) is 10.4 Å². The van der Waals surface area contributed by atoms with Crippen molar-refractivity contribution in [3.05, 3.63) is 28.1 Å². The maximum atomic E-state index is 6.14. The lowest BCUT2D eigenvalue weighted by atomic mass is 9.84. The molecule has 0 bridgehead atoms. The number of hydrogen-bond donors (Lipinski definition) is 1. The van der Waals surface area contributed by atoms with E-state index in [4.69, 9.17) is 27.6 Å². The summed E-state index contributed by atoms with van der Waals surface area (Å²) in [6.45, 7) is 4.07. The summed E-state index contributed by atoms with van der Waals surface area (Å²) in [5, 5.41) is 4.48. The molecule has 3 rings (SSSR count). The van der Waals surface area contributed by atoms with Crippen LogP contribution in [0.25, 0.3) is 11.1 Å². The second kappa shape index (κ2) is 4.41. The van der Waals surface area contributed by atoms with Crippen LogP contribution in [0.2, 0.25) is 10.0 Å². The number of benzene rings is 1. The van der Waals surface area contributed by atoms with Gasteiger partial charge in [-0.3, -0.25) is 0 Å². The molecular weight excluding hydrogens is 271 g/mol. The lowest BCUT2D eigenvalue weighted by Gasteiger charge is -2.21. The normalized spacial score (nSPS) is 23.9. The van der Waals surface area contributed by atoms with Crippen molar-refractivity contribution in [2.45, 2.75) is 25.2 Å². The van der Waals surface area contributed by atoms with E-state index in [1.165, 1.54) is 0 Å². The van der Waals surface area contributed by atoms with E-state index in [9.17, 15) is 0 Å². The molecular formula is C13H14Cl2N2O. The number of nitrogens with zero attached hydrogens (tertiary/aromatic N) is 1. The zero-order valence-electron chi connectivity index (χ0n) is 10.1. The van der Waals surface area contributed by atoms with Crippen LogP contribution in [0.4, 0.5) is 0 Å². The number of oxazole rings is 1. The molecule has 1 aliphatic rings. The van der Waals surface area contributed by atoms with Crippen molar-refractivity contribution in [1.82, 2.24) is 10.3 Å².